The van der Waals surface area contributed by atoms with E-state index < -0.39 is 17.5 Å². The van der Waals surface area contributed by atoms with Crippen molar-refractivity contribution in [2.24, 2.45) is 5.92 Å². The van der Waals surface area contributed by atoms with Gasteiger partial charge in [-0.2, -0.15) is 0 Å². The minimum absolute atomic E-state index is 0.0166. The summed E-state index contributed by atoms with van der Waals surface area (Å²) in [6, 6.07) is 3.98. The van der Waals surface area contributed by atoms with Gasteiger partial charge >= 0.3 is 6.09 Å². The molecule has 1 aromatic carbocycles. The Hall–Kier alpha value is -1.82. The maximum absolute atomic E-state index is 13.3. The quantitative estimate of drug-likeness (QED) is 0.710. The normalized spacial score (nSPS) is 13.0. The topological polar surface area (TPSA) is 70.6 Å². The van der Waals surface area contributed by atoms with Crippen molar-refractivity contribution in [1.29, 1.82) is 0 Å². The first-order valence-electron chi connectivity index (χ1n) is 8.24. The van der Waals surface area contributed by atoms with Crippen molar-refractivity contribution in [3.8, 4) is 5.75 Å². The highest BCUT2D eigenvalue weighted by atomic mass is 19.1. The fraction of sp³-hybridized carbons (Fsp3) is 0.611. The molecule has 1 aromatic rings. The summed E-state index contributed by atoms with van der Waals surface area (Å²) in [6.45, 7) is 10.4. The van der Waals surface area contributed by atoms with Crippen LogP contribution in [0, 0.1) is 11.7 Å². The second kappa shape index (κ2) is 8.87. The molecule has 0 bridgehead atoms. The number of carbonyl (C=O) groups excluding carboxylic acids is 1. The molecule has 1 amide bonds. The molecule has 1 unspecified atom stereocenters. The van der Waals surface area contributed by atoms with Crippen LogP contribution in [-0.2, 0) is 11.3 Å². The number of benzene rings is 1. The van der Waals surface area contributed by atoms with Crippen molar-refractivity contribution in [1.82, 2.24) is 10.6 Å². The van der Waals surface area contributed by atoms with Crippen LogP contribution >= 0.6 is 0 Å². The van der Waals surface area contributed by atoms with Gasteiger partial charge in [0, 0.05) is 25.2 Å². The number of amides is 1. The molecule has 0 aliphatic heterocycles. The first-order chi connectivity index (χ1) is 11.0. The Balaban J connectivity index is 2.57. The third-order valence-electron chi connectivity index (χ3n) is 3.18. The van der Waals surface area contributed by atoms with Crippen LogP contribution in [0.2, 0.25) is 0 Å². The number of nitrogens with one attached hydrogen (secondary N) is 2. The Morgan fingerprint density at radius 1 is 1.29 bits per heavy atom. The molecule has 0 saturated carbocycles. The van der Waals surface area contributed by atoms with Crippen LogP contribution in [0.4, 0.5) is 9.18 Å². The van der Waals surface area contributed by atoms with E-state index in [0.717, 1.165) is 12.5 Å². The number of phenols is 1. The van der Waals surface area contributed by atoms with E-state index in [4.69, 9.17) is 4.74 Å². The summed E-state index contributed by atoms with van der Waals surface area (Å²) in [7, 11) is 0. The van der Waals surface area contributed by atoms with Gasteiger partial charge in [-0.3, -0.25) is 0 Å². The van der Waals surface area contributed by atoms with E-state index in [1.807, 2.05) is 20.8 Å². The Kier molecular flexibility index (Phi) is 7.48. The minimum Gasteiger partial charge on any atom is -0.508 e. The van der Waals surface area contributed by atoms with Crippen LogP contribution in [0.1, 0.15) is 46.6 Å². The van der Waals surface area contributed by atoms with Gasteiger partial charge in [-0.15, -0.1) is 0 Å². The van der Waals surface area contributed by atoms with Gasteiger partial charge in [0.15, 0.2) is 0 Å². The summed E-state index contributed by atoms with van der Waals surface area (Å²) in [5.74, 6) is -0.137. The molecule has 3 N–H and O–H groups in total. The lowest BCUT2D eigenvalue weighted by molar-refractivity contribution is 0.0521. The number of alkyl carbamates (subject to hydrolysis) is 1. The molecule has 6 heteroatoms. The predicted molar refractivity (Wildman–Crippen MR) is 92.4 cm³/mol. The molecule has 0 aromatic heterocycles. The Bertz CT molecular complexity index is 521. The molecule has 24 heavy (non-hydrogen) atoms. The molecule has 136 valence electrons. The van der Waals surface area contributed by atoms with Crippen LogP contribution in [0.3, 0.4) is 0 Å². The van der Waals surface area contributed by atoms with Crippen molar-refractivity contribution in [2.45, 2.75) is 59.2 Å². The smallest absolute Gasteiger partial charge is 0.407 e. The summed E-state index contributed by atoms with van der Waals surface area (Å²) in [6.07, 6.45) is 0.387. The molecule has 0 spiro atoms. The lowest BCUT2D eigenvalue weighted by Gasteiger charge is -2.24. The zero-order valence-corrected chi connectivity index (χ0v) is 15.1. The molecule has 0 saturated heterocycles. The van der Waals surface area contributed by atoms with Crippen molar-refractivity contribution in [3.63, 3.8) is 0 Å². The van der Waals surface area contributed by atoms with Crippen molar-refractivity contribution in [3.05, 3.63) is 29.6 Å². The summed E-state index contributed by atoms with van der Waals surface area (Å²) in [5, 5.41) is 15.5. The van der Waals surface area contributed by atoms with Crippen molar-refractivity contribution in [2.75, 3.05) is 6.54 Å². The fourth-order valence-corrected chi connectivity index (χ4v) is 2.33. The highest BCUT2D eigenvalue weighted by Gasteiger charge is 2.18. The second-order valence-electron chi connectivity index (χ2n) is 7.41. The molecule has 0 radical (unpaired) electrons. The molecule has 0 aliphatic rings. The number of ether oxygens (including phenoxy) is 1. The Labute approximate surface area is 143 Å². The van der Waals surface area contributed by atoms with E-state index in [2.05, 4.69) is 24.5 Å². The number of carbonyl (C=O) groups is 1. The van der Waals surface area contributed by atoms with Gasteiger partial charge in [-0.05, 0) is 50.8 Å². The highest BCUT2D eigenvalue weighted by Crippen LogP contribution is 2.15. The molecule has 0 fully saturated rings. The van der Waals surface area contributed by atoms with Gasteiger partial charge in [0.05, 0.1) is 0 Å². The zero-order valence-electron chi connectivity index (χ0n) is 15.1. The first kappa shape index (κ1) is 20.2. The van der Waals surface area contributed by atoms with E-state index >= 15 is 0 Å². The largest absolute Gasteiger partial charge is 0.508 e. The predicted octanol–water partition coefficient (Wildman–Crippen LogP) is 3.56. The monoisotopic (exact) mass is 340 g/mol. The molecule has 0 heterocycles. The van der Waals surface area contributed by atoms with E-state index in [9.17, 15) is 14.3 Å². The number of hydrogen-bond donors (Lipinski definition) is 3. The van der Waals surface area contributed by atoms with Gasteiger partial charge in [0.2, 0.25) is 0 Å². The standard InChI is InChI=1S/C18H29FN2O3/c1-12(2)6-15(11-21-17(23)24-18(3,4)5)20-10-13-7-14(19)9-16(22)8-13/h7-9,12,15,20,22H,6,10-11H2,1-5H3,(H,21,23). The molecular weight excluding hydrogens is 311 g/mol. The van der Waals surface area contributed by atoms with Crippen LogP contribution in [-0.4, -0.2) is 29.4 Å². The van der Waals surface area contributed by atoms with Gasteiger partial charge < -0.3 is 20.5 Å². The summed E-state index contributed by atoms with van der Waals surface area (Å²) >= 11 is 0. The van der Waals surface area contributed by atoms with Gasteiger partial charge in [0.25, 0.3) is 0 Å². The maximum atomic E-state index is 13.3. The molecule has 1 rings (SSSR count). The van der Waals surface area contributed by atoms with E-state index in [1.165, 1.54) is 12.1 Å². The average Bonchev–Trinajstić information content (AvgIpc) is 2.38. The van der Waals surface area contributed by atoms with Gasteiger partial charge in [-0.25, -0.2) is 9.18 Å². The Morgan fingerprint density at radius 2 is 1.96 bits per heavy atom. The number of aromatic hydroxyl groups is 1. The zero-order chi connectivity index (χ0) is 18.3. The summed E-state index contributed by atoms with van der Waals surface area (Å²) in [4.78, 5) is 11.8. The van der Waals surface area contributed by atoms with E-state index in [-0.39, 0.29) is 11.8 Å². The third-order valence-corrected chi connectivity index (χ3v) is 3.18. The third kappa shape index (κ3) is 8.72. The first-order valence-corrected chi connectivity index (χ1v) is 8.24. The maximum Gasteiger partial charge on any atom is 0.407 e. The Morgan fingerprint density at radius 3 is 2.50 bits per heavy atom. The van der Waals surface area contributed by atoms with Crippen LogP contribution in [0.25, 0.3) is 0 Å². The number of phenolic OH excluding ortho intramolecular Hbond substituents is 1. The molecule has 1 atom stereocenters. The van der Waals surface area contributed by atoms with Crippen LogP contribution in [0.5, 0.6) is 5.75 Å². The van der Waals surface area contributed by atoms with Crippen LogP contribution < -0.4 is 10.6 Å². The summed E-state index contributed by atoms with van der Waals surface area (Å²) in [5.41, 5.74) is 0.114. The van der Waals surface area contributed by atoms with E-state index in [0.29, 0.717) is 24.6 Å². The number of rotatable bonds is 7. The van der Waals surface area contributed by atoms with Gasteiger partial charge in [-0.1, -0.05) is 13.8 Å². The highest BCUT2D eigenvalue weighted by molar-refractivity contribution is 5.67. The SMILES string of the molecule is CC(C)CC(CNC(=O)OC(C)(C)C)NCc1cc(O)cc(F)c1. The number of halogens is 1. The number of hydrogen-bond acceptors (Lipinski definition) is 4. The molecule has 5 nitrogen and oxygen atoms in total. The van der Waals surface area contributed by atoms with Crippen molar-refractivity contribution < 1.29 is 19.0 Å². The molecular formula is C18H29FN2O3. The van der Waals surface area contributed by atoms with Crippen molar-refractivity contribution >= 4 is 6.09 Å². The lowest BCUT2D eigenvalue weighted by atomic mass is 10.0. The van der Waals surface area contributed by atoms with E-state index in [1.54, 1.807) is 0 Å². The van der Waals surface area contributed by atoms with Crippen LogP contribution in [0.15, 0.2) is 18.2 Å². The van der Waals surface area contributed by atoms with Gasteiger partial charge in [0.1, 0.15) is 17.2 Å². The average molecular weight is 340 g/mol. The fourth-order valence-electron chi connectivity index (χ4n) is 2.33. The minimum atomic E-state index is -0.538. The molecule has 0 aliphatic carbocycles. The second-order valence-corrected chi connectivity index (χ2v) is 7.41. The summed E-state index contributed by atoms with van der Waals surface area (Å²) < 4.78 is 18.5. The lowest BCUT2D eigenvalue weighted by Crippen LogP contribution is -2.43.